The Morgan fingerprint density at radius 1 is 0.967 bits per heavy atom. The van der Waals surface area contributed by atoms with Crippen molar-refractivity contribution < 1.29 is 0 Å². The molecular formula is C23H22Br2N4O. The molecule has 1 aliphatic rings. The Kier molecular flexibility index (Phi) is 6.11. The lowest BCUT2D eigenvalue weighted by atomic mass is 10.2. The SMILES string of the molecule is Br.O=c1/c(=C2/CCCCCN2)c2nc(-c3ccc(Br)cc3)cn2n1-c1ccccc1. The Labute approximate surface area is 193 Å². The first-order valence-electron chi connectivity index (χ1n) is 9.95. The van der Waals surface area contributed by atoms with Gasteiger partial charge < -0.3 is 5.32 Å². The highest BCUT2D eigenvalue weighted by molar-refractivity contribution is 9.10. The Hall–Kier alpha value is -2.38. The molecule has 1 fully saturated rings. The van der Waals surface area contributed by atoms with Crippen LogP contribution in [0.2, 0.25) is 0 Å². The number of halogens is 2. The summed E-state index contributed by atoms with van der Waals surface area (Å²) in [6, 6.07) is 17.8. The minimum absolute atomic E-state index is 0. The zero-order valence-corrected chi connectivity index (χ0v) is 19.6. The van der Waals surface area contributed by atoms with Crippen LogP contribution in [-0.2, 0) is 0 Å². The van der Waals surface area contributed by atoms with Crippen molar-refractivity contribution in [2.24, 2.45) is 0 Å². The number of nitrogens with zero attached hydrogens (tertiary/aromatic N) is 3. The smallest absolute Gasteiger partial charge is 0.283 e. The summed E-state index contributed by atoms with van der Waals surface area (Å²) in [5.41, 5.74) is 4.41. The maximum atomic E-state index is 13.5. The van der Waals surface area contributed by atoms with Crippen LogP contribution in [-0.4, -0.2) is 20.7 Å². The van der Waals surface area contributed by atoms with Gasteiger partial charge in [-0.1, -0.05) is 52.7 Å². The van der Waals surface area contributed by atoms with Gasteiger partial charge in [-0.25, -0.2) is 14.2 Å². The molecule has 1 N–H and O–H groups in total. The van der Waals surface area contributed by atoms with Gasteiger partial charge in [0.2, 0.25) is 0 Å². The Bertz CT molecular complexity index is 1270. The summed E-state index contributed by atoms with van der Waals surface area (Å²) in [5, 5.41) is 4.19. The highest BCUT2D eigenvalue weighted by Crippen LogP contribution is 2.22. The third kappa shape index (κ3) is 3.72. The fraction of sp³-hybridized carbons (Fsp3) is 0.217. The van der Waals surface area contributed by atoms with Gasteiger partial charge in [0.05, 0.1) is 17.6 Å². The van der Waals surface area contributed by atoms with E-state index < -0.39 is 0 Å². The van der Waals surface area contributed by atoms with Crippen LogP contribution in [0.4, 0.5) is 0 Å². The molecule has 0 bridgehead atoms. The third-order valence-corrected chi connectivity index (χ3v) is 5.95. The van der Waals surface area contributed by atoms with E-state index in [0.29, 0.717) is 10.9 Å². The Morgan fingerprint density at radius 2 is 1.73 bits per heavy atom. The van der Waals surface area contributed by atoms with E-state index in [-0.39, 0.29) is 22.5 Å². The largest absolute Gasteiger partial charge is 0.388 e. The van der Waals surface area contributed by atoms with Crippen LogP contribution in [0.5, 0.6) is 0 Å². The van der Waals surface area contributed by atoms with E-state index in [9.17, 15) is 4.79 Å². The number of para-hydroxylation sites is 1. The number of nitrogens with one attached hydrogen (secondary N) is 1. The van der Waals surface area contributed by atoms with Gasteiger partial charge in [-0.3, -0.25) is 4.79 Å². The van der Waals surface area contributed by atoms with E-state index in [1.807, 2.05) is 65.3 Å². The average molecular weight is 530 g/mol. The number of imidazole rings is 1. The fourth-order valence-corrected chi connectivity index (χ4v) is 4.24. The van der Waals surface area contributed by atoms with Crippen LogP contribution in [0, 0.1) is 0 Å². The predicted molar refractivity (Wildman–Crippen MR) is 129 cm³/mol. The molecule has 1 aliphatic heterocycles. The molecule has 5 nitrogen and oxygen atoms in total. The number of benzene rings is 2. The predicted octanol–water partition coefficient (Wildman–Crippen LogP) is 4.48. The molecule has 4 aromatic rings. The maximum Gasteiger partial charge on any atom is 0.283 e. The second kappa shape index (κ2) is 8.78. The monoisotopic (exact) mass is 528 g/mol. The number of hydrogen-bond acceptors (Lipinski definition) is 3. The second-order valence-electron chi connectivity index (χ2n) is 7.34. The lowest BCUT2D eigenvalue weighted by molar-refractivity contribution is 0.721. The minimum atomic E-state index is -0.0227. The zero-order chi connectivity index (χ0) is 19.8. The lowest BCUT2D eigenvalue weighted by Gasteiger charge is -2.04. The van der Waals surface area contributed by atoms with Crippen LogP contribution in [0.25, 0.3) is 28.3 Å². The van der Waals surface area contributed by atoms with Crippen LogP contribution in [0.3, 0.4) is 0 Å². The summed E-state index contributed by atoms with van der Waals surface area (Å²) in [5.74, 6) is 0. The molecule has 0 unspecified atom stereocenters. The summed E-state index contributed by atoms with van der Waals surface area (Å²) in [4.78, 5) is 18.4. The van der Waals surface area contributed by atoms with Crippen molar-refractivity contribution >= 4 is 44.3 Å². The molecule has 0 amide bonds. The molecule has 5 rings (SSSR count). The standard InChI is InChI=1S/C23H21BrN4O.BrH/c24-17-12-10-16(11-13-17)20-15-27-22(26-20)21(19-9-5-2-6-14-25-19)23(29)28(27)18-7-3-1-4-8-18;/h1,3-4,7-8,10-13,15,25H,2,5-6,9,14H2;1H/b21-19-;. The van der Waals surface area contributed by atoms with Crippen molar-refractivity contribution in [2.45, 2.75) is 25.7 Å². The van der Waals surface area contributed by atoms with Gasteiger partial charge in [-0.05, 0) is 43.5 Å². The topological polar surface area (TPSA) is 51.3 Å². The van der Waals surface area contributed by atoms with Gasteiger partial charge in [0.1, 0.15) is 5.22 Å². The summed E-state index contributed by atoms with van der Waals surface area (Å²) in [6.45, 7) is 0.901. The molecule has 1 saturated heterocycles. The minimum Gasteiger partial charge on any atom is -0.388 e. The van der Waals surface area contributed by atoms with E-state index in [0.717, 1.165) is 52.9 Å². The van der Waals surface area contributed by atoms with Crippen molar-refractivity contribution in [3.05, 3.63) is 80.8 Å². The first-order valence-corrected chi connectivity index (χ1v) is 10.7. The first-order chi connectivity index (χ1) is 14.2. The van der Waals surface area contributed by atoms with Gasteiger partial charge in [0.25, 0.3) is 5.56 Å². The van der Waals surface area contributed by atoms with Gasteiger partial charge >= 0.3 is 0 Å². The molecule has 3 heterocycles. The highest BCUT2D eigenvalue weighted by atomic mass is 79.9. The van der Waals surface area contributed by atoms with Crippen LogP contribution >= 0.6 is 32.9 Å². The van der Waals surface area contributed by atoms with E-state index in [4.69, 9.17) is 4.98 Å². The molecule has 154 valence electrons. The summed E-state index contributed by atoms with van der Waals surface area (Å²) in [6.07, 6.45) is 6.23. The summed E-state index contributed by atoms with van der Waals surface area (Å²) < 4.78 is 4.64. The fourth-order valence-electron chi connectivity index (χ4n) is 3.97. The van der Waals surface area contributed by atoms with E-state index >= 15 is 0 Å². The van der Waals surface area contributed by atoms with Crippen molar-refractivity contribution in [2.75, 3.05) is 6.54 Å². The van der Waals surface area contributed by atoms with Crippen molar-refractivity contribution in [1.29, 1.82) is 0 Å². The second-order valence-corrected chi connectivity index (χ2v) is 8.26. The average Bonchev–Trinajstić information content (AvgIpc) is 3.12. The molecule has 7 heteroatoms. The van der Waals surface area contributed by atoms with Gasteiger partial charge in [-0.15, -0.1) is 17.0 Å². The summed E-state index contributed by atoms with van der Waals surface area (Å²) in [7, 11) is 0. The van der Waals surface area contributed by atoms with E-state index in [2.05, 4.69) is 21.2 Å². The third-order valence-electron chi connectivity index (χ3n) is 5.42. The quantitative estimate of drug-likeness (QED) is 0.416. The molecule has 0 radical (unpaired) electrons. The van der Waals surface area contributed by atoms with Gasteiger partial charge in [0, 0.05) is 22.3 Å². The van der Waals surface area contributed by atoms with Crippen molar-refractivity contribution in [1.82, 2.24) is 19.5 Å². The van der Waals surface area contributed by atoms with Crippen molar-refractivity contribution in [3.63, 3.8) is 0 Å². The lowest BCUT2D eigenvalue weighted by Crippen LogP contribution is -2.33. The first kappa shape index (κ1) is 20.9. The number of hydrogen-bond donors (Lipinski definition) is 1. The Balaban J connectivity index is 0.00000218. The zero-order valence-electron chi connectivity index (χ0n) is 16.3. The number of aromatic nitrogens is 3. The van der Waals surface area contributed by atoms with Crippen LogP contribution in [0.15, 0.2) is 70.1 Å². The van der Waals surface area contributed by atoms with E-state index in [1.165, 1.54) is 6.42 Å². The van der Waals surface area contributed by atoms with Crippen LogP contribution < -0.4 is 16.1 Å². The van der Waals surface area contributed by atoms with E-state index in [1.54, 1.807) is 4.68 Å². The highest BCUT2D eigenvalue weighted by Gasteiger charge is 2.19. The molecule has 0 spiro atoms. The molecular weight excluding hydrogens is 508 g/mol. The van der Waals surface area contributed by atoms with Gasteiger partial charge in [0.15, 0.2) is 5.65 Å². The molecule has 0 saturated carbocycles. The number of rotatable bonds is 2. The normalized spacial score (nSPS) is 16.0. The molecule has 0 aliphatic carbocycles. The maximum absolute atomic E-state index is 13.5. The van der Waals surface area contributed by atoms with Gasteiger partial charge in [-0.2, -0.15) is 0 Å². The number of fused-ring (bicyclic) bond motifs is 1. The molecule has 30 heavy (non-hydrogen) atoms. The molecule has 2 aromatic heterocycles. The molecule has 2 aromatic carbocycles. The molecule has 0 atom stereocenters. The van der Waals surface area contributed by atoms with Crippen molar-refractivity contribution in [3.8, 4) is 16.9 Å². The van der Waals surface area contributed by atoms with Crippen LogP contribution in [0.1, 0.15) is 25.7 Å². The Morgan fingerprint density at radius 3 is 2.50 bits per heavy atom. The summed E-state index contributed by atoms with van der Waals surface area (Å²) >= 11 is 3.49.